The summed E-state index contributed by atoms with van der Waals surface area (Å²) in [6, 6.07) is 14.5. The molecule has 9 heteroatoms. The van der Waals surface area contributed by atoms with Crippen LogP contribution in [0.5, 0.6) is 0 Å². The van der Waals surface area contributed by atoms with Crippen LogP contribution in [-0.2, 0) is 19.1 Å². The van der Waals surface area contributed by atoms with E-state index in [-0.39, 0.29) is 13.0 Å². The number of hydrogen-bond acceptors (Lipinski definition) is 6. The van der Waals surface area contributed by atoms with Crippen molar-refractivity contribution in [1.29, 1.82) is 0 Å². The van der Waals surface area contributed by atoms with E-state index in [1.165, 1.54) is 0 Å². The summed E-state index contributed by atoms with van der Waals surface area (Å²) in [4.78, 5) is 49.3. The van der Waals surface area contributed by atoms with Crippen LogP contribution in [0.4, 0.5) is 0 Å². The minimum Gasteiger partial charge on any atom is -0.466 e. The standard InChI is InChI=1S/C24H29N3O6/c1-3-33-18(28)14-15(2)19(22(25)30)26-24(32)21(29)20(16-10-6-4-7-11-16)27-23(31)17-12-8-5-9-13-17/h4-13,15,19-21,29H,3,14H2,1-2H3,(H2,25,30)(H,26,32)(H,27,31)/t15-,19+,20+,21-/m1/s1. The molecule has 176 valence electrons. The SMILES string of the molecule is CCOC(=O)C[C@@H](C)[C@H](NC(=O)[C@H](O)[C@@H](NC(=O)c1ccccc1)c1ccccc1)C(N)=O. The lowest BCUT2D eigenvalue weighted by Gasteiger charge is -2.27. The van der Waals surface area contributed by atoms with Crippen molar-refractivity contribution in [1.82, 2.24) is 10.6 Å². The number of esters is 1. The highest BCUT2D eigenvalue weighted by Gasteiger charge is 2.34. The molecule has 9 nitrogen and oxygen atoms in total. The monoisotopic (exact) mass is 455 g/mol. The van der Waals surface area contributed by atoms with Gasteiger partial charge in [-0.3, -0.25) is 19.2 Å². The average Bonchev–Trinajstić information content (AvgIpc) is 2.81. The Hall–Kier alpha value is -3.72. The van der Waals surface area contributed by atoms with E-state index in [2.05, 4.69) is 10.6 Å². The van der Waals surface area contributed by atoms with Crippen LogP contribution in [0.25, 0.3) is 0 Å². The predicted molar refractivity (Wildman–Crippen MR) is 121 cm³/mol. The number of aliphatic hydroxyl groups is 1. The lowest BCUT2D eigenvalue weighted by molar-refractivity contribution is -0.145. The molecule has 5 N–H and O–H groups in total. The minimum absolute atomic E-state index is 0.148. The highest BCUT2D eigenvalue weighted by atomic mass is 16.5. The summed E-state index contributed by atoms with van der Waals surface area (Å²) in [5.41, 5.74) is 6.26. The Labute approximate surface area is 192 Å². The summed E-state index contributed by atoms with van der Waals surface area (Å²) in [5.74, 6) is -3.48. The first-order chi connectivity index (χ1) is 15.7. The van der Waals surface area contributed by atoms with Gasteiger partial charge in [-0.25, -0.2) is 0 Å². The van der Waals surface area contributed by atoms with Gasteiger partial charge in [-0.1, -0.05) is 55.5 Å². The molecule has 0 heterocycles. The average molecular weight is 456 g/mol. The van der Waals surface area contributed by atoms with E-state index >= 15 is 0 Å². The summed E-state index contributed by atoms with van der Waals surface area (Å²) in [6.07, 6.45) is -1.89. The lowest BCUT2D eigenvalue weighted by Crippen LogP contribution is -2.54. The van der Waals surface area contributed by atoms with Crippen molar-refractivity contribution in [3.8, 4) is 0 Å². The van der Waals surface area contributed by atoms with Crippen LogP contribution in [0.2, 0.25) is 0 Å². The van der Waals surface area contributed by atoms with E-state index in [4.69, 9.17) is 10.5 Å². The predicted octanol–water partition coefficient (Wildman–Crippen LogP) is 1.08. The second kappa shape index (κ2) is 12.4. The van der Waals surface area contributed by atoms with Crippen LogP contribution in [0.3, 0.4) is 0 Å². The van der Waals surface area contributed by atoms with Gasteiger partial charge in [0.25, 0.3) is 11.8 Å². The smallest absolute Gasteiger partial charge is 0.306 e. The highest BCUT2D eigenvalue weighted by Crippen LogP contribution is 2.19. The van der Waals surface area contributed by atoms with Crippen molar-refractivity contribution >= 4 is 23.7 Å². The number of nitrogens with two attached hydrogens (primary N) is 1. The molecule has 2 rings (SSSR count). The molecule has 33 heavy (non-hydrogen) atoms. The van der Waals surface area contributed by atoms with Crippen LogP contribution >= 0.6 is 0 Å². The second-order valence-electron chi connectivity index (χ2n) is 7.55. The number of benzene rings is 2. The normalized spacial score (nSPS) is 14.3. The molecule has 0 spiro atoms. The molecule has 0 aromatic heterocycles. The molecule has 2 aromatic rings. The maximum Gasteiger partial charge on any atom is 0.306 e. The molecule has 0 radical (unpaired) electrons. The van der Waals surface area contributed by atoms with Gasteiger partial charge in [0.15, 0.2) is 6.10 Å². The summed E-state index contributed by atoms with van der Waals surface area (Å²) in [5, 5.41) is 15.9. The lowest BCUT2D eigenvalue weighted by atomic mass is 9.96. The van der Waals surface area contributed by atoms with Crippen LogP contribution < -0.4 is 16.4 Å². The first kappa shape index (κ1) is 25.5. The zero-order valence-corrected chi connectivity index (χ0v) is 18.6. The minimum atomic E-state index is -1.74. The van der Waals surface area contributed by atoms with Gasteiger partial charge in [0.1, 0.15) is 6.04 Å². The van der Waals surface area contributed by atoms with E-state index in [0.29, 0.717) is 11.1 Å². The summed E-state index contributed by atoms with van der Waals surface area (Å²) in [6.45, 7) is 3.39. The fourth-order valence-electron chi connectivity index (χ4n) is 3.30. The maximum absolute atomic E-state index is 12.9. The number of ether oxygens (including phenoxy) is 1. The largest absolute Gasteiger partial charge is 0.466 e. The summed E-state index contributed by atoms with van der Waals surface area (Å²) < 4.78 is 4.88. The molecule has 0 unspecified atom stereocenters. The fraction of sp³-hybridized carbons (Fsp3) is 0.333. The summed E-state index contributed by atoms with van der Waals surface area (Å²) >= 11 is 0. The quantitative estimate of drug-likeness (QED) is 0.373. The number of primary amides is 1. The van der Waals surface area contributed by atoms with Crippen molar-refractivity contribution in [3.05, 3.63) is 71.8 Å². The number of nitrogens with one attached hydrogen (secondary N) is 2. The van der Waals surface area contributed by atoms with Gasteiger partial charge < -0.3 is 26.2 Å². The van der Waals surface area contributed by atoms with Crippen LogP contribution in [0.1, 0.15) is 42.2 Å². The van der Waals surface area contributed by atoms with Gasteiger partial charge in [-0.2, -0.15) is 0 Å². The second-order valence-corrected chi connectivity index (χ2v) is 7.55. The molecule has 0 aliphatic carbocycles. The van der Waals surface area contributed by atoms with Crippen molar-refractivity contribution in [2.24, 2.45) is 11.7 Å². The number of carbonyl (C=O) groups excluding carboxylic acids is 4. The molecule has 0 saturated carbocycles. The van der Waals surface area contributed by atoms with Crippen LogP contribution in [-0.4, -0.2) is 47.6 Å². The van der Waals surface area contributed by atoms with Gasteiger partial charge >= 0.3 is 5.97 Å². The topological polar surface area (TPSA) is 148 Å². The molecule has 0 aliphatic rings. The van der Waals surface area contributed by atoms with Gasteiger partial charge in [-0.05, 0) is 30.5 Å². The van der Waals surface area contributed by atoms with Crippen LogP contribution in [0.15, 0.2) is 60.7 Å². The Morgan fingerprint density at radius 3 is 2.09 bits per heavy atom. The third-order valence-electron chi connectivity index (χ3n) is 5.03. The van der Waals surface area contributed by atoms with Crippen molar-refractivity contribution in [2.45, 2.75) is 38.5 Å². The molecule has 0 saturated heterocycles. The summed E-state index contributed by atoms with van der Waals surface area (Å²) in [7, 11) is 0. The molecule has 4 atom stereocenters. The number of amides is 3. The molecular formula is C24H29N3O6. The van der Waals surface area contributed by atoms with E-state index in [1.807, 2.05) is 0 Å². The van der Waals surface area contributed by atoms with Crippen LogP contribution in [0, 0.1) is 5.92 Å². The third-order valence-corrected chi connectivity index (χ3v) is 5.03. The highest BCUT2D eigenvalue weighted by molar-refractivity contribution is 5.95. The van der Waals surface area contributed by atoms with E-state index in [9.17, 15) is 24.3 Å². The Bertz CT molecular complexity index is 951. The first-order valence-corrected chi connectivity index (χ1v) is 10.6. The van der Waals surface area contributed by atoms with Gasteiger partial charge in [0.2, 0.25) is 5.91 Å². The van der Waals surface area contributed by atoms with Crippen molar-refractivity contribution in [2.75, 3.05) is 6.61 Å². The van der Waals surface area contributed by atoms with Crippen molar-refractivity contribution < 1.29 is 29.0 Å². The molecule has 0 aliphatic heterocycles. The molecule has 0 fully saturated rings. The maximum atomic E-state index is 12.9. The van der Waals surface area contributed by atoms with Gasteiger partial charge in [0, 0.05) is 5.56 Å². The van der Waals surface area contributed by atoms with E-state index in [1.54, 1.807) is 74.5 Å². The van der Waals surface area contributed by atoms with E-state index < -0.39 is 47.8 Å². The van der Waals surface area contributed by atoms with Gasteiger partial charge in [0.05, 0.1) is 19.1 Å². The molecule has 2 aromatic carbocycles. The number of carbonyl (C=O) groups is 4. The zero-order chi connectivity index (χ0) is 24.4. The van der Waals surface area contributed by atoms with E-state index in [0.717, 1.165) is 0 Å². The molecular weight excluding hydrogens is 426 g/mol. The van der Waals surface area contributed by atoms with Crippen molar-refractivity contribution in [3.63, 3.8) is 0 Å². The Morgan fingerprint density at radius 1 is 0.970 bits per heavy atom. The Balaban J connectivity index is 2.20. The fourth-order valence-corrected chi connectivity index (χ4v) is 3.30. The number of rotatable bonds is 11. The Kier molecular flexibility index (Phi) is 9.56. The first-order valence-electron chi connectivity index (χ1n) is 10.6. The van der Waals surface area contributed by atoms with Gasteiger partial charge in [-0.15, -0.1) is 0 Å². The zero-order valence-electron chi connectivity index (χ0n) is 18.6. The number of hydrogen-bond donors (Lipinski definition) is 4. The third kappa shape index (κ3) is 7.43. The molecule has 0 bridgehead atoms. The Morgan fingerprint density at radius 2 is 1.55 bits per heavy atom. The number of aliphatic hydroxyl groups excluding tert-OH is 1. The molecule has 3 amide bonds.